The maximum atomic E-state index is 13.7. The fraction of sp³-hybridized carbons (Fsp3) is 0.320. The molecule has 0 bridgehead atoms. The van der Waals surface area contributed by atoms with E-state index in [0.29, 0.717) is 40.6 Å². The summed E-state index contributed by atoms with van der Waals surface area (Å²) in [7, 11) is 1.46. The van der Waals surface area contributed by atoms with Crippen LogP contribution in [0, 0.1) is 11.7 Å². The third-order valence-corrected chi connectivity index (χ3v) is 5.80. The molecule has 2 heterocycles. The molecule has 0 saturated carbocycles. The molecule has 0 radical (unpaired) electrons. The summed E-state index contributed by atoms with van der Waals surface area (Å²) in [6.45, 7) is 6.53. The molecular weight excluding hydrogens is 439 g/mol. The summed E-state index contributed by atoms with van der Waals surface area (Å²) in [5.74, 6) is 0.694. The molecule has 3 aromatic rings. The number of hydrogen-bond donors (Lipinski definition) is 2. The third-order valence-electron chi connectivity index (χ3n) is 5.80. The molecule has 8 nitrogen and oxygen atoms in total. The Hall–Kier alpha value is -3.88. The number of urea groups is 1. The van der Waals surface area contributed by atoms with Gasteiger partial charge in [-0.1, -0.05) is 37.2 Å². The number of carbonyl (C=O) groups excluding carboxylic acids is 1. The van der Waals surface area contributed by atoms with Crippen LogP contribution >= 0.6 is 0 Å². The second-order valence-corrected chi connectivity index (χ2v) is 8.58. The molecule has 2 N–H and O–H groups in total. The highest BCUT2D eigenvalue weighted by atomic mass is 19.1. The van der Waals surface area contributed by atoms with Crippen LogP contribution in [0.4, 0.5) is 9.18 Å². The van der Waals surface area contributed by atoms with Crippen molar-refractivity contribution < 1.29 is 23.6 Å². The summed E-state index contributed by atoms with van der Waals surface area (Å²) >= 11 is 0. The van der Waals surface area contributed by atoms with E-state index in [4.69, 9.17) is 9.26 Å². The first kappa shape index (κ1) is 23.3. The molecule has 4 rings (SSSR count). The minimum atomic E-state index is -0.652. The first-order valence-corrected chi connectivity index (χ1v) is 11.0. The lowest BCUT2D eigenvalue weighted by molar-refractivity contribution is 0.202. The number of halogens is 1. The number of phenolic OH excluding ortho intramolecular Hbond substituents is 1. The largest absolute Gasteiger partial charge is 0.504 e. The summed E-state index contributed by atoms with van der Waals surface area (Å²) in [6, 6.07) is 9.93. The number of allylic oxidation sites excluding steroid dienone is 1. The number of carbonyl (C=O) groups is 1. The maximum absolute atomic E-state index is 13.7. The van der Waals surface area contributed by atoms with Gasteiger partial charge in [0.1, 0.15) is 5.82 Å². The van der Waals surface area contributed by atoms with Gasteiger partial charge in [0.05, 0.1) is 18.7 Å². The number of nitrogens with zero attached hydrogens (tertiary/aromatic N) is 3. The van der Waals surface area contributed by atoms with Gasteiger partial charge in [0.25, 0.3) is 5.89 Å². The summed E-state index contributed by atoms with van der Waals surface area (Å²) in [6.07, 6.45) is 0.810. The van der Waals surface area contributed by atoms with Gasteiger partial charge in [-0.25, -0.2) is 9.18 Å². The molecule has 1 unspecified atom stereocenters. The molecular formula is C25H27FN4O4. The van der Waals surface area contributed by atoms with Gasteiger partial charge in [-0.2, -0.15) is 4.98 Å². The minimum absolute atomic E-state index is 0.0560. The summed E-state index contributed by atoms with van der Waals surface area (Å²) in [4.78, 5) is 19.2. The van der Waals surface area contributed by atoms with E-state index in [9.17, 15) is 14.3 Å². The Morgan fingerprint density at radius 3 is 2.74 bits per heavy atom. The highest BCUT2D eigenvalue weighted by Gasteiger charge is 2.36. The standard InChI is InChI=1S/C25H27FN4O4/c1-14(2)10-11-30-15(3)21(24-28-23(29-34-24)17-6-5-7-18(26)12-17)22(27-25(30)32)16-8-9-20(33-4)19(31)13-16/h5-9,12-14,22,31H,10-11H2,1-4H3,(H,27,32). The highest BCUT2D eigenvalue weighted by molar-refractivity contribution is 5.87. The van der Waals surface area contributed by atoms with Gasteiger partial charge in [0.15, 0.2) is 11.5 Å². The smallest absolute Gasteiger partial charge is 0.322 e. The van der Waals surface area contributed by atoms with Crippen LogP contribution in [0.3, 0.4) is 0 Å². The molecule has 2 aromatic carbocycles. The molecule has 1 atom stereocenters. The Kier molecular flexibility index (Phi) is 6.54. The molecule has 9 heteroatoms. The van der Waals surface area contributed by atoms with E-state index in [-0.39, 0.29) is 23.5 Å². The zero-order chi connectivity index (χ0) is 24.4. The van der Waals surface area contributed by atoms with Gasteiger partial charge < -0.3 is 19.7 Å². The van der Waals surface area contributed by atoms with Crippen LogP contribution in [0.5, 0.6) is 11.5 Å². The van der Waals surface area contributed by atoms with Crippen molar-refractivity contribution in [3.63, 3.8) is 0 Å². The van der Waals surface area contributed by atoms with Crippen molar-refractivity contribution in [2.75, 3.05) is 13.7 Å². The molecule has 34 heavy (non-hydrogen) atoms. The first-order chi connectivity index (χ1) is 16.3. The van der Waals surface area contributed by atoms with Crippen molar-refractivity contribution in [3.8, 4) is 22.9 Å². The topological polar surface area (TPSA) is 101 Å². The number of ether oxygens (including phenoxy) is 1. The van der Waals surface area contributed by atoms with Crippen LogP contribution < -0.4 is 10.1 Å². The fourth-order valence-electron chi connectivity index (χ4n) is 3.93. The lowest BCUT2D eigenvalue weighted by Gasteiger charge is -2.35. The van der Waals surface area contributed by atoms with Gasteiger partial charge >= 0.3 is 6.03 Å². The molecule has 0 aliphatic carbocycles. The van der Waals surface area contributed by atoms with Crippen LogP contribution in [-0.2, 0) is 0 Å². The van der Waals surface area contributed by atoms with Crippen molar-refractivity contribution in [2.45, 2.75) is 33.2 Å². The predicted molar refractivity (Wildman–Crippen MR) is 124 cm³/mol. The Morgan fingerprint density at radius 2 is 2.06 bits per heavy atom. The highest BCUT2D eigenvalue weighted by Crippen LogP contribution is 2.39. The van der Waals surface area contributed by atoms with Crippen molar-refractivity contribution in [1.82, 2.24) is 20.4 Å². The van der Waals surface area contributed by atoms with Crippen molar-refractivity contribution in [1.29, 1.82) is 0 Å². The van der Waals surface area contributed by atoms with Crippen molar-refractivity contribution in [2.24, 2.45) is 5.92 Å². The maximum Gasteiger partial charge on any atom is 0.322 e. The van der Waals surface area contributed by atoms with E-state index < -0.39 is 11.9 Å². The Morgan fingerprint density at radius 1 is 1.26 bits per heavy atom. The van der Waals surface area contributed by atoms with E-state index in [1.54, 1.807) is 29.2 Å². The first-order valence-electron chi connectivity index (χ1n) is 11.0. The van der Waals surface area contributed by atoms with Gasteiger partial charge in [0, 0.05) is 17.8 Å². The quantitative estimate of drug-likeness (QED) is 0.500. The number of phenols is 1. The van der Waals surface area contributed by atoms with E-state index >= 15 is 0 Å². The zero-order valence-electron chi connectivity index (χ0n) is 19.5. The van der Waals surface area contributed by atoms with E-state index in [1.165, 1.54) is 25.3 Å². The molecule has 1 aliphatic rings. The van der Waals surface area contributed by atoms with E-state index in [1.807, 2.05) is 6.92 Å². The number of rotatable bonds is 7. The molecule has 0 spiro atoms. The molecule has 1 aliphatic heterocycles. The van der Waals surface area contributed by atoms with Gasteiger partial charge in [-0.3, -0.25) is 4.90 Å². The lowest BCUT2D eigenvalue weighted by atomic mass is 9.94. The minimum Gasteiger partial charge on any atom is -0.504 e. The SMILES string of the molecule is COc1ccc(C2NC(=O)N(CCC(C)C)C(C)=C2c2nc(-c3cccc(F)c3)no2)cc1O. The molecule has 2 amide bonds. The molecule has 1 aromatic heterocycles. The molecule has 178 valence electrons. The Balaban J connectivity index is 1.80. The average Bonchev–Trinajstić information content (AvgIpc) is 3.28. The van der Waals surface area contributed by atoms with Gasteiger partial charge in [-0.05, 0) is 49.1 Å². The number of hydrogen-bond acceptors (Lipinski definition) is 6. The second kappa shape index (κ2) is 9.54. The molecule has 0 fully saturated rings. The monoisotopic (exact) mass is 466 g/mol. The number of nitrogens with one attached hydrogen (secondary N) is 1. The van der Waals surface area contributed by atoms with E-state index in [0.717, 1.165) is 6.42 Å². The second-order valence-electron chi connectivity index (χ2n) is 8.58. The average molecular weight is 467 g/mol. The number of methoxy groups -OCH3 is 1. The molecule has 0 saturated heterocycles. The third kappa shape index (κ3) is 4.59. The van der Waals surface area contributed by atoms with E-state index in [2.05, 4.69) is 29.3 Å². The van der Waals surface area contributed by atoms with Crippen molar-refractivity contribution >= 4 is 11.6 Å². The Labute approximate surface area is 197 Å². The fourth-order valence-corrected chi connectivity index (χ4v) is 3.93. The number of amides is 2. The Bertz CT molecular complexity index is 1240. The van der Waals surface area contributed by atoms with Gasteiger partial charge in [0.2, 0.25) is 5.82 Å². The summed E-state index contributed by atoms with van der Waals surface area (Å²) in [5.41, 5.74) is 2.36. The predicted octanol–water partition coefficient (Wildman–Crippen LogP) is 5.13. The normalized spacial score (nSPS) is 16.2. The number of aromatic hydroxyl groups is 1. The van der Waals surface area contributed by atoms with Crippen LogP contribution in [0.2, 0.25) is 0 Å². The number of aromatic nitrogens is 2. The van der Waals surface area contributed by atoms with Crippen LogP contribution in [0.1, 0.15) is 44.7 Å². The van der Waals surface area contributed by atoms with Crippen LogP contribution in [-0.4, -0.2) is 39.8 Å². The summed E-state index contributed by atoms with van der Waals surface area (Å²) < 4.78 is 24.5. The lowest BCUT2D eigenvalue weighted by Crippen LogP contribution is -2.46. The van der Waals surface area contributed by atoms with Crippen molar-refractivity contribution in [3.05, 3.63) is 65.4 Å². The summed E-state index contributed by atoms with van der Waals surface area (Å²) in [5, 5.41) is 17.4. The van der Waals surface area contributed by atoms with Gasteiger partial charge in [-0.15, -0.1) is 0 Å². The van der Waals surface area contributed by atoms with Crippen LogP contribution in [0.25, 0.3) is 17.0 Å². The van der Waals surface area contributed by atoms with Crippen LogP contribution in [0.15, 0.2) is 52.7 Å². The number of benzene rings is 2. The zero-order valence-corrected chi connectivity index (χ0v) is 19.5.